The third-order valence-corrected chi connectivity index (χ3v) is 5.25. The van der Waals surface area contributed by atoms with Crippen molar-refractivity contribution in [3.05, 3.63) is 80.8 Å². The van der Waals surface area contributed by atoms with Crippen LogP contribution in [0.15, 0.2) is 56.9 Å². The Morgan fingerprint density at radius 2 is 1.52 bits per heavy atom. The molecule has 1 aliphatic carbocycles. The van der Waals surface area contributed by atoms with Gasteiger partial charge in [-0.3, -0.25) is 9.59 Å². The molecule has 0 amide bonds. The Kier molecular flexibility index (Phi) is 3.94. The van der Waals surface area contributed by atoms with Gasteiger partial charge in [-0.15, -0.1) is 0 Å². The van der Waals surface area contributed by atoms with Crippen LogP contribution in [-0.2, 0) is 0 Å². The number of fused-ring (bicyclic) bond motifs is 2. The lowest BCUT2D eigenvalue weighted by atomic mass is 10.1. The van der Waals surface area contributed by atoms with Crippen LogP contribution in [0.2, 0.25) is 10.0 Å². The maximum Gasteiger partial charge on any atom is 0.266 e. The van der Waals surface area contributed by atoms with E-state index in [4.69, 9.17) is 32.0 Å². The molecule has 8 heteroatoms. The summed E-state index contributed by atoms with van der Waals surface area (Å²) in [4.78, 5) is 29.4. The quantitative estimate of drug-likeness (QED) is 0.289. The predicted octanol–water partition coefficient (Wildman–Crippen LogP) is 6.00. The van der Waals surface area contributed by atoms with Crippen LogP contribution < -0.4 is 0 Å². The second-order valence-corrected chi connectivity index (χ2v) is 7.19. The van der Waals surface area contributed by atoms with Gasteiger partial charge in [0.1, 0.15) is 11.6 Å². The van der Waals surface area contributed by atoms with Crippen molar-refractivity contribution in [1.29, 1.82) is 0 Å². The molecule has 1 aliphatic rings. The van der Waals surface area contributed by atoms with Crippen molar-refractivity contribution in [2.75, 3.05) is 0 Å². The highest BCUT2D eigenvalue weighted by Gasteiger charge is 2.34. The first-order valence-electron chi connectivity index (χ1n) is 8.37. The van der Waals surface area contributed by atoms with Crippen molar-refractivity contribution >= 4 is 52.1 Å². The van der Waals surface area contributed by atoms with E-state index >= 15 is 0 Å². The van der Waals surface area contributed by atoms with Crippen molar-refractivity contribution in [3.63, 3.8) is 0 Å². The molecule has 0 fully saturated rings. The average Bonchev–Trinajstić information content (AvgIpc) is 3.31. The number of nitrogens with zero attached hydrogens (tertiary/aromatic N) is 1. The van der Waals surface area contributed by atoms with Gasteiger partial charge < -0.3 is 8.83 Å². The van der Waals surface area contributed by atoms with Gasteiger partial charge in [-0.25, -0.2) is 4.39 Å². The van der Waals surface area contributed by atoms with E-state index in [-0.39, 0.29) is 49.9 Å². The lowest BCUT2D eigenvalue weighted by Crippen LogP contribution is -1.99. The number of allylic oxidation sites excluding steroid dienone is 1. The first-order chi connectivity index (χ1) is 13.9. The first-order valence-corrected chi connectivity index (χ1v) is 9.13. The third-order valence-electron chi connectivity index (χ3n) is 4.53. The monoisotopic (exact) mass is 427 g/mol. The number of Topliss-reactive ketones (excluding diaryl/α,β-unsaturated/α-hetero) is 2. The van der Waals surface area contributed by atoms with Crippen molar-refractivity contribution in [3.8, 4) is 11.5 Å². The SMILES string of the molecule is O=C1C(=Cc2cc3oc(-c4ccc(F)cc4)nc3o2)C(=O)c2cc(Cl)c(Cl)cc21. The summed E-state index contributed by atoms with van der Waals surface area (Å²) in [5.41, 5.74) is 1.44. The zero-order valence-electron chi connectivity index (χ0n) is 14.3. The zero-order valence-corrected chi connectivity index (χ0v) is 15.8. The molecule has 5 nitrogen and oxygen atoms in total. The highest BCUT2D eigenvalue weighted by molar-refractivity contribution is 6.46. The summed E-state index contributed by atoms with van der Waals surface area (Å²) in [6.07, 6.45) is 1.33. The smallest absolute Gasteiger partial charge is 0.266 e. The molecule has 0 saturated heterocycles. The van der Waals surface area contributed by atoms with Crippen LogP contribution in [0, 0.1) is 5.82 Å². The number of aromatic nitrogens is 1. The van der Waals surface area contributed by atoms with Gasteiger partial charge >= 0.3 is 0 Å². The van der Waals surface area contributed by atoms with Gasteiger partial charge in [0.15, 0.2) is 17.1 Å². The molecule has 2 heterocycles. The van der Waals surface area contributed by atoms with E-state index in [1.807, 2.05) is 0 Å². The zero-order chi connectivity index (χ0) is 20.3. The van der Waals surface area contributed by atoms with E-state index in [9.17, 15) is 14.0 Å². The van der Waals surface area contributed by atoms with E-state index < -0.39 is 11.6 Å². The van der Waals surface area contributed by atoms with Crippen LogP contribution in [0.4, 0.5) is 4.39 Å². The Morgan fingerprint density at radius 3 is 2.10 bits per heavy atom. The minimum Gasteiger partial charge on any atom is -0.436 e. The number of carbonyl (C=O) groups excluding carboxylic acids is 2. The fraction of sp³-hybridized carbons (Fsp3) is 0. The van der Waals surface area contributed by atoms with E-state index in [2.05, 4.69) is 4.98 Å². The largest absolute Gasteiger partial charge is 0.436 e. The fourth-order valence-corrected chi connectivity index (χ4v) is 3.46. The van der Waals surface area contributed by atoms with Crippen LogP contribution in [0.25, 0.3) is 28.8 Å². The van der Waals surface area contributed by atoms with E-state index in [0.717, 1.165) is 0 Å². The Hall–Kier alpha value is -3.22. The standard InChI is InChI=1S/C21H8Cl2FNO4/c22-15-7-12-13(8-16(15)23)19(27)14(18(12)26)5-11-6-17-21(28-11)25-20(29-17)9-1-3-10(24)4-2-9/h1-8H. The molecule has 0 N–H and O–H groups in total. The van der Waals surface area contributed by atoms with Crippen LogP contribution in [-0.4, -0.2) is 16.6 Å². The summed E-state index contributed by atoms with van der Waals surface area (Å²) in [6, 6.07) is 9.94. The molecule has 0 bridgehead atoms. The van der Waals surface area contributed by atoms with Crippen molar-refractivity contribution < 1.29 is 22.8 Å². The van der Waals surface area contributed by atoms with Gasteiger partial charge in [-0.05, 0) is 42.5 Å². The van der Waals surface area contributed by atoms with E-state index in [1.165, 1.54) is 48.5 Å². The molecule has 2 aromatic heterocycles. The molecule has 0 spiro atoms. The number of oxazole rings is 1. The molecule has 5 rings (SSSR count). The van der Waals surface area contributed by atoms with Crippen molar-refractivity contribution in [2.24, 2.45) is 0 Å². The number of rotatable bonds is 2. The van der Waals surface area contributed by atoms with Crippen LogP contribution >= 0.6 is 23.2 Å². The topological polar surface area (TPSA) is 73.3 Å². The average molecular weight is 428 g/mol. The molecule has 142 valence electrons. The molecule has 0 saturated carbocycles. The normalized spacial score (nSPS) is 13.4. The minimum absolute atomic E-state index is 0.0616. The molecular weight excluding hydrogens is 420 g/mol. The van der Waals surface area contributed by atoms with Crippen molar-refractivity contribution in [2.45, 2.75) is 0 Å². The number of furan rings is 1. The summed E-state index contributed by atoms with van der Waals surface area (Å²) < 4.78 is 24.3. The van der Waals surface area contributed by atoms with Gasteiger partial charge in [0.2, 0.25) is 5.89 Å². The summed E-state index contributed by atoms with van der Waals surface area (Å²) >= 11 is 11.9. The molecule has 0 radical (unpaired) electrons. The lowest BCUT2D eigenvalue weighted by molar-refractivity contribution is 0.0990. The fourth-order valence-electron chi connectivity index (χ4n) is 3.13. The Bertz CT molecular complexity index is 1290. The minimum atomic E-state index is -0.462. The number of ketones is 2. The van der Waals surface area contributed by atoms with Crippen LogP contribution in [0.3, 0.4) is 0 Å². The molecule has 4 aromatic rings. The van der Waals surface area contributed by atoms with Crippen molar-refractivity contribution in [1.82, 2.24) is 4.98 Å². The Morgan fingerprint density at radius 1 is 0.897 bits per heavy atom. The summed E-state index contributed by atoms with van der Waals surface area (Å²) in [7, 11) is 0. The molecule has 2 aromatic carbocycles. The van der Waals surface area contributed by atoms with Crippen LogP contribution in [0.5, 0.6) is 0 Å². The lowest BCUT2D eigenvalue weighted by Gasteiger charge is -1.98. The van der Waals surface area contributed by atoms with E-state index in [0.29, 0.717) is 11.1 Å². The molecule has 0 unspecified atom stereocenters. The molecular formula is C21H8Cl2FNO4. The van der Waals surface area contributed by atoms with E-state index in [1.54, 1.807) is 0 Å². The van der Waals surface area contributed by atoms with Gasteiger partial charge in [0, 0.05) is 22.8 Å². The first kappa shape index (κ1) is 17.8. The second kappa shape index (κ2) is 6.40. The second-order valence-electron chi connectivity index (χ2n) is 6.37. The van der Waals surface area contributed by atoms with Gasteiger partial charge in [0.05, 0.1) is 15.6 Å². The Balaban J connectivity index is 1.51. The third kappa shape index (κ3) is 2.88. The maximum atomic E-state index is 13.1. The number of benzene rings is 2. The highest BCUT2D eigenvalue weighted by atomic mass is 35.5. The predicted molar refractivity (Wildman–Crippen MR) is 105 cm³/mol. The summed E-state index contributed by atoms with van der Waals surface area (Å²) in [6.45, 7) is 0. The summed E-state index contributed by atoms with van der Waals surface area (Å²) in [5, 5.41) is 0.390. The molecule has 0 atom stereocenters. The maximum absolute atomic E-state index is 13.1. The number of hydrogen-bond donors (Lipinski definition) is 0. The summed E-state index contributed by atoms with van der Waals surface area (Å²) in [5.74, 6) is -0.790. The van der Waals surface area contributed by atoms with Crippen LogP contribution in [0.1, 0.15) is 26.5 Å². The number of carbonyl (C=O) groups is 2. The number of halogens is 3. The molecule has 29 heavy (non-hydrogen) atoms. The van der Waals surface area contributed by atoms with Gasteiger partial charge in [-0.2, -0.15) is 4.98 Å². The Labute approximate surface area is 172 Å². The number of hydrogen-bond acceptors (Lipinski definition) is 5. The van der Waals surface area contributed by atoms with Gasteiger partial charge in [-0.1, -0.05) is 23.2 Å². The van der Waals surface area contributed by atoms with Gasteiger partial charge in [0.25, 0.3) is 5.71 Å². The highest BCUT2D eigenvalue weighted by Crippen LogP contribution is 2.35. The molecule has 0 aliphatic heterocycles.